The maximum absolute atomic E-state index is 5.24. The smallest absolute Gasteiger partial charge is 0.164 e. The van der Waals surface area contributed by atoms with Gasteiger partial charge < -0.3 is 9.13 Å². The van der Waals surface area contributed by atoms with Gasteiger partial charge in [-0.25, -0.2) is 15.0 Å². The largest absolute Gasteiger partial charge is 0.309 e. The number of rotatable bonds is 7. The van der Waals surface area contributed by atoms with E-state index in [2.05, 4.69) is 228 Å². The zero-order chi connectivity index (χ0) is 41.9. The fourth-order valence-electron chi connectivity index (χ4n) is 9.34. The van der Waals surface area contributed by atoms with Gasteiger partial charge in [-0.05, 0) is 66.1 Å². The maximum Gasteiger partial charge on any atom is 0.164 e. The zero-order valence-electron chi connectivity index (χ0n) is 34.5. The average Bonchev–Trinajstić information content (AvgIpc) is 3.87. The summed E-state index contributed by atoms with van der Waals surface area (Å²) < 4.78 is 4.86. The highest BCUT2D eigenvalue weighted by Crippen LogP contribution is 2.42. The summed E-state index contributed by atoms with van der Waals surface area (Å²) in [6.07, 6.45) is 0. The van der Waals surface area contributed by atoms with Crippen LogP contribution in [-0.2, 0) is 0 Å². The Morgan fingerprint density at radius 3 is 1.40 bits per heavy atom. The van der Waals surface area contributed by atoms with E-state index in [1.165, 1.54) is 38.1 Å². The third-order valence-corrected chi connectivity index (χ3v) is 12.2. The maximum atomic E-state index is 5.24. The number of benzene rings is 9. The Bertz CT molecular complexity index is 3620. The Hall–Kier alpha value is -8.41. The van der Waals surface area contributed by atoms with Crippen molar-refractivity contribution in [3.05, 3.63) is 224 Å². The normalized spacial score (nSPS) is 11.6. The summed E-state index contributed by atoms with van der Waals surface area (Å²) in [6, 6.07) is 77.5. The lowest BCUT2D eigenvalue weighted by Crippen LogP contribution is -2.02. The molecule has 0 unspecified atom stereocenters. The lowest BCUT2D eigenvalue weighted by molar-refractivity contribution is 1.07. The molecule has 0 fully saturated rings. The van der Waals surface area contributed by atoms with Crippen molar-refractivity contribution in [3.8, 4) is 67.8 Å². The molecule has 0 bridgehead atoms. The third-order valence-electron chi connectivity index (χ3n) is 12.2. The van der Waals surface area contributed by atoms with Crippen LogP contribution in [0.1, 0.15) is 5.56 Å². The molecule has 0 spiro atoms. The van der Waals surface area contributed by atoms with E-state index in [1.807, 2.05) is 6.07 Å². The highest BCUT2D eigenvalue weighted by Gasteiger charge is 2.22. The van der Waals surface area contributed by atoms with E-state index in [9.17, 15) is 0 Å². The van der Waals surface area contributed by atoms with Crippen molar-refractivity contribution >= 4 is 43.6 Å². The van der Waals surface area contributed by atoms with Crippen LogP contribution in [0.4, 0.5) is 0 Å². The fraction of sp³-hybridized carbons (Fsp3) is 0.0172. The number of fused-ring (bicyclic) bond motifs is 6. The molecule has 5 heteroatoms. The first kappa shape index (κ1) is 36.4. The van der Waals surface area contributed by atoms with E-state index in [0.717, 1.165) is 61.4 Å². The molecule has 9 aromatic carbocycles. The molecular formula is C58H39N5. The van der Waals surface area contributed by atoms with Gasteiger partial charge in [-0.1, -0.05) is 181 Å². The van der Waals surface area contributed by atoms with Crippen LogP contribution in [0.5, 0.6) is 0 Å². The number of nitrogens with zero attached hydrogens (tertiary/aromatic N) is 5. The van der Waals surface area contributed by atoms with Crippen LogP contribution in [0.25, 0.3) is 111 Å². The van der Waals surface area contributed by atoms with Crippen LogP contribution in [0.2, 0.25) is 0 Å². The summed E-state index contributed by atoms with van der Waals surface area (Å²) in [7, 11) is 0. The molecule has 0 aliphatic heterocycles. The highest BCUT2D eigenvalue weighted by atomic mass is 15.0. The molecule has 0 amide bonds. The number of para-hydroxylation sites is 3. The number of hydrogen-bond donors (Lipinski definition) is 0. The van der Waals surface area contributed by atoms with Crippen molar-refractivity contribution < 1.29 is 0 Å². The second-order valence-corrected chi connectivity index (χ2v) is 16.1. The summed E-state index contributed by atoms with van der Waals surface area (Å²) in [6.45, 7) is 2.10. The molecule has 0 aliphatic rings. The molecule has 12 aromatic rings. The lowest BCUT2D eigenvalue weighted by atomic mass is 10.0. The third kappa shape index (κ3) is 6.21. The number of aryl methyl sites for hydroxylation is 1. The number of aromatic nitrogens is 5. The van der Waals surface area contributed by atoms with Gasteiger partial charge in [0.2, 0.25) is 0 Å². The van der Waals surface area contributed by atoms with Gasteiger partial charge in [-0.15, -0.1) is 0 Å². The van der Waals surface area contributed by atoms with Gasteiger partial charge in [-0.2, -0.15) is 0 Å². The van der Waals surface area contributed by atoms with Gasteiger partial charge in [0.25, 0.3) is 0 Å². The zero-order valence-corrected chi connectivity index (χ0v) is 34.5. The quantitative estimate of drug-likeness (QED) is 0.161. The Balaban J connectivity index is 1.10. The van der Waals surface area contributed by atoms with Gasteiger partial charge in [-0.3, -0.25) is 0 Å². The van der Waals surface area contributed by atoms with Crippen molar-refractivity contribution in [2.45, 2.75) is 6.92 Å². The molecule has 63 heavy (non-hydrogen) atoms. The van der Waals surface area contributed by atoms with Gasteiger partial charge in [0.05, 0.1) is 33.4 Å². The predicted octanol–water partition coefficient (Wildman–Crippen LogP) is 14.7. The van der Waals surface area contributed by atoms with Crippen molar-refractivity contribution in [1.29, 1.82) is 0 Å². The molecule has 3 heterocycles. The summed E-state index contributed by atoms with van der Waals surface area (Å²) in [5, 5.41) is 4.84. The van der Waals surface area contributed by atoms with Gasteiger partial charge in [0.1, 0.15) is 0 Å². The fourth-order valence-corrected chi connectivity index (χ4v) is 9.34. The SMILES string of the molecule is Cc1cccc(-c2nc(-c3ccc(-c4ccccc4)cc3)nc(-c3ccc(-c4ccccc4)c(-n4c5ccccc5c5c(-n6c7ccccc7c7ccccc76)cccc54)c3)n2)c1. The van der Waals surface area contributed by atoms with Gasteiger partial charge >= 0.3 is 0 Å². The highest BCUT2D eigenvalue weighted by molar-refractivity contribution is 6.16. The van der Waals surface area contributed by atoms with Crippen LogP contribution in [0.15, 0.2) is 218 Å². The summed E-state index contributed by atoms with van der Waals surface area (Å²) in [5.41, 5.74) is 15.2. The molecule has 0 saturated carbocycles. The molecule has 5 nitrogen and oxygen atoms in total. The Kier molecular flexibility index (Phi) is 8.64. The van der Waals surface area contributed by atoms with Crippen LogP contribution in [0.3, 0.4) is 0 Å². The van der Waals surface area contributed by atoms with Crippen molar-refractivity contribution in [3.63, 3.8) is 0 Å². The average molecular weight is 806 g/mol. The molecular weight excluding hydrogens is 767 g/mol. The minimum Gasteiger partial charge on any atom is -0.309 e. The molecule has 0 atom stereocenters. The van der Waals surface area contributed by atoms with E-state index < -0.39 is 0 Å². The molecule has 0 radical (unpaired) electrons. The van der Waals surface area contributed by atoms with Gasteiger partial charge in [0.15, 0.2) is 17.5 Å². The minimum atomic E-state index is 0.608. The first-order valence-corrected chi connectivity index (χ1v) is 21.4. The molecule has 296 valence electrons. The second kappa shape index (κ2) is 14.9. The van der Waals surface area contributed by atoms with E-state index in [4.69, 9.17) is 15.0 Å². The van der Waals surface area contributed by atoms with E-state index in [-0.39, 0.29) is 0 Å². The summed E-state index contributed by atoms with van der Waals surface area (Å²) in [4.78, 5) is 15.6. The summed E-state index contributed by atoms with van der Waals surface area (Å²) in [5.74, 6) is 1.86. The summed E-state index contributed by atoms with van der Waals surface area (Å²) >= 11 is 0. The Morgan fingerprint density at radius 2 is 0.746 bits per heavy atom. The van der Waals surface area contributed by atoms with Crippen LogP contribution in [-0.4, -0.2) is 24.1 Å². The first-order chi connectivity index (χ1) is 31.2. The molecule has 0 saturated heterocycles. The van der Waals surface area contributed by atoms with Crippen LogP contribution in [0, 0.1) is 6.92 Å². The minimum absolute atomic E-state index is 0.608. The monoisotopic (exact) mass is 805 g/mol. The van der Waals surface area contributed by atoms with E-state index in [1.54, 1.807) is 0 Å². The lowest BCUT2D eigenvalue weighted by Gasteiger charge is -2.17. The van der Waals surface area contributed by atoms with Crippen molar-refractivity contribution in [2.75, 3.05) is 0 Å². The van der Waals surface area contributed by atoms with Gasteiger partial charge in [0, 0.05) is 43.8 Å². The van der Waals surface area contributed by atoms with E-state index in [0.29, 0.717) is 17.5 Å². The molecule has 0 N–H and O–H groups in total. The molecule has 0 aliphatic carbocycles. The van der Waals surface area contributed by atoms with E-state index >= 15 is 0 Å². The van der Waals surface area contributed by atoms with Crippen molar-refractivity contribution in [2.24, 2.45) is 0 Å². The topological polar surface area (TPSA) is 48.5 Å². The number of hydrogen-bond acceptors (Lipinski definition) is 3. The first-order valence-electron chi connectivity index (χ1n) is 21.4. The Morgan fingerprint density at radius 1 is 0.302 bits per heavy atom. The molecule has 12 rings (SSSR count). The van der Waals surface area contributed by atoms with Crippen molar-refractivity contribution in [1.82, 2.24) is 24.1 Å². The van der Waals surface area contributed by atoms with Crippen LogP contribution >= 0.6 is 0 Å². The standard InChI is InChI=1S/C58H39N5/c1-38-16-14-21-43(36-38)57-59-56(42-32-30-40(31-33-42)39-17-4-2-5-18-39)60-58(61-57)44-34-35-45(41-19-6-3-7-20-41)54(37-44)63-51-27-13-10-24-48(51)55-52(28-15-29-53(55)63)62-49-25-11-8-22-46(49)47-23-9-12-26-50(47)62/h2-37H,1H3. The predicted molar refractivity (Wildman–Crippen MR) is 260 cm³/mol. The molecule has 3 aromatic heterocycles. The second-order valence-electron chi connectivity index (χ2n) is 16.1. The van der Waals surface area contributed by atoms with Crippen LogP contribution < -0.4 is 0 Å². The Labute approximate surface area is 364 Å².